The number of hydrogen-bond donors (Lipinski definition) is 5. The zero-order valence-corrected chi connectivity index (χ0v) is 30.0. The second-order valence-electron chi connectivity index (χ2n) is 14.2. The molecule has 0 saturated heterocycles. The molecule has 0 unspecified atom stereocenters. The molecule has 8 rings (SSSR count). The van der Waals surface area contributed by atoms with Gasteiger partial charge in [-0.1, -0.05) is 48.5 Å². The average Bonchev–Trinajstić information content (AvgIpc) is 3.90. The molecule has 0 aliphatic heterocycles. The second kappa shape index (κ2) is 14.5. The van der Waals surface area contributed by atoms with E-state index in [0.29, 0.717) is 12.8 Å². The van der Waals surface area contributed by atoms with Gasteiger partial charge in [-0.2, -0.15) is 10.2 Å². The third-order valence-corrected chi connectivity index (χ3v) is 9.13. The fraction of sp³-hybridized carbons (Fsp3) is 0.263. The summed E-state index contributed by atoms with van der Waals surface area (Å²) >= 11 is 0. The van der Waals surface area contributed by atoms with E-state index >= 15 is 0 Å². The van der Waals surface area contributed by atoms with E-state index in [1.54, 1.807) is 32.9 Å². The van der Waals surface area contributed by atoms with E-state index in [4.69, 9.17) is 4.74 Å². The third kappa shape index (κ3) is 7.26. The van der Waals surface area contributed by atoms with E-state index in [9.17, 15) is 43.3 Å². The Morgan fingerprint density at radius 2 is 1.16 bits per heavy atom. The maximum Gasteiger partial charge on any atom is 0.357 e. The van der Waals surface area contributed by atoms with Crippen LogP contribution in [0.5, 0.6) is 0 Å². The van der Waals surface area contributed by atoms with Gasteiger partial charge in [0.2, 0.25) is 0 Å². The van der Waals surface area contributed by atoms with Crippen LogP contribution in [0.2, 0.25) is 0 Å². The fourth-order valence-corrected chi connectivity index (χ4v) is 6.66. The number of aliphatic hydroxyl groups is 2. The highest BCUT2D eigenvalue weighted by Gasteiger charge is 2.34. The molecule has 56 heavy (non-hydrogen) atoms. The molecule has 0 bridgehead atoms. The van der Waals surface area contributed by atoms with Crippen LogP contribution in [-0.4, -0.2) is 86.1 Å². The number of aromatic nitrogens is 6. The summed E-state index contributed by atoms with van der Waals surface area (Å²) in [5.74, 6) is -5.12. The van der Waals surface area contributed by atoms with Gasteiger partial charge >= 0.3 is 11.9 Å². The Morgan fingerprint density at radius 3 is 1.61 bits per heavy atom. The van der Waals surface area contributed by atoms with Gasteiger partial charge in [-0.3, -0.25) is 9.59 Å². The van der Waals surface area contributed by atoms with E-state index in [-0.39, 0.29) is 28.4 Å². The minimum absolute atomic E-state index is 0.128. The van der Waals surface area contributed by atoms with Crippen LogP contribution in [0.25, 0.3) is 11.3 Å². The Balaban J connectivity index is 0.000000173. The van der Waals surface area contributed by atoms with Crippen LogP contribution in [-0.2, 0) is 17.6 Å². The monoisotopic (exact) mass is 768 g/mol. The van der Waals surface area contributed by atoms with Crippen molar-refractivity contribution in [3.05, 3.63) is 130 Å². The normalized spacial score (nSPS) is 18.5. The van der Waals surface area contributed by atoms with Gasteiger partial charge in [-0.15, -0.1) is 0 Å². The maximum atomic E-state index is 14.2. The molecule has 4 atom stereocenters. The number of aromatic carboxylic acids is 1. The molecular weight excluding hydrogens is 734 g/mol. The zero-order chi connectivity index (χ0) is 40.1. The van der Waals surface area contributed by atoms with Gasteiger partial charge in [0.25, 0.3) is 11.8 Å². The number of benzene rings is 2. The van der Waals surface area contributed by atoms with Crippen molar-refractivity contribution in [3.8, 4) is 0 Å². The fourth-order valence-electron chi connectivity index (χ4n) is 6.66. The molecule has 2 aliphatic rings. The molecule has 0 radical (unpaired) electrons. The van der Waals surface area contributed by atoms with Gasteiger partial charge in [0.15, 0.2) is 34.3 Å². The first-order chi connectivity index (χ1) is 26.6. The predicted octanol–water partition coefficient (Wildman–Crippen LogP) is 3.17. The number of ether oxygens (including phenoxy) is 1. The van der Waals surface area contributed by atoms with Crippen molar-refractivity contribution >= 4 is 35.0 Å². The minimum Gasteiger partial charge on any atom is -0.477 e. The molecule has 2 aliphatic carbocycles. The second-order valence-corrected chi connectivity index (χ2v) is 14.2. The van der Waals surface area contributed by atoms with Crippen LogP contribution in [0, 0.1) is 11.6 Å². The first-order valence-corrected chi connectivity index (χ1v) is 17.3. The lowest BCUT2D eigenvalue weighted by Gasteiger charge is -2.20. The van der Waals surface area contributed by atoms with Gasteiger partial charge in [-0.25, -0.2) is 37.4 Å². The summed E-state index contributed by atoms with van der Waals surface area (Å²) in [6.45, 7) is 5.08. The molecule has 18 heteroatoms. The number of aliphatic hydroxyl groups excluding tert-OH is 2. The van der Waals surface area contributed by atoms with E-state index < -0.39 is 71.0 Å². The largest absolute Gasteiger partial charge is 0.477 e. The van der Waals surface area contributed by atoms with Crippen molar-refractivity contribution in [2.45, 2.75) is 63.5 Å². The lowest BCUT2D eigenvalue weighted by Crippen LogP contribution is -2.34. The highest BCUT2D eigenvalue weighted by molar-refractivity contribution is 5.97. The molecule has 4 heterocycles. The zero-order valence-electron chi connectivity index (χ0n) is 30.0. The maximum absolute atomic E-state index is 14.2. The lowest BCUT2D eigenvalue weighted by molar-refractivity contribution is 0.00591. The average molecular weight is 769 g/mol. The van der Waals surface area contributed by atoms with Crippen molar-refractivity contribution in [3.63, 3.8) is 0 Å². The lowest BCUT2D eigenvalue weighted by atomic mass is 10.1. The number of halogens is 2. The van der Waals surface area contributed by atoms with Crippen molar-refractivity contribution < 1.29 is 48.0 Å². The number of rotatable bonds is 6. The van der Waals surface area contributed by atoms with Crippen molar-refractivity contribution in [2.75, 3.05) is 0 Å². The number of carbonyl (C=O) groups is 4. The summed E-state index contributed by atoms with van der Waals surface area (Å²) in [7, 11) is 0. The molecule has 5 N–H and O–H groups in total. The van der Waals surface area contributed by atoms with Gasteiger partial charge in [-0.05, 0) is 43.0 Å². The SMILES string of the molecule is CC(C)(C)OC(=O)c1cc(C(=O)N[C@H]2c3ccccc3C[C@H]2O)nc2c(F)cnn12.O=C(N[C@H]1c2ccccc2C[C@H]1O)c1cc(C(=O)O)n2ncc(F)c2n1. The first-order valence-electron chi connectivity index (χ1n) is 17.3. The Bertz CT molecular complexity index is 2550. The quantitative estimate of drug-likeness (QED) is 0.154. The number of nitrogens with one attached hydrogen (secondary N) is 2. The minimum atomic E-state index is -1.37. The van der Waals surface area contributed by atoms with Gasteiger partial charge in [0.1, 0.15) is 17.0 Å². The molecule has 2 amide bonds. The number of carboxylic acids is 1. The van der Waals surface area contributed by atoms with E-state index in [1.165, 1.54) is 6.07 Å². The molecule has 288 valence electrons. The van der Waals surface area contributed by atoms with E-state index in [2.05, 4.69) is 30.8 Å². The summed E-state index contributed by atoms with van der Waals surface area (Å²) in [5.41, 5.74) is 1.05. The first kappa shape index (κ1) is 37.6. The number of carbonyl (C=O) groups excluding carboxylic acids is 3. The molecular formula is C38H34F2N8O8. The highest BCUT2D eigenvalue weighted by atomic mass is 19.1. The van der Waals surface area contributed by atoms with Crippen molar-refractivity contribution in [1.29, 1.82) is 0 Å². The van der Waals surface area contributed by atoms with Crippen LogP contribution in [0.3, 0.4) is 0 Å². The molecule has 0 spiro atoms. The Labute approximate surface area is 315 Å². The van der Waals surface area contributed by atoms with Crippen LogP contribution >= 0.6 is 0 Å². The summed E-state index contributed by atoms with van der Waals surface area (Å²) in [5, 5.41) is 42.7. The topological polar surface area (TPSA) is 223 Å². The van der Waals surface area contributed by atoms with E-state index in [1.807, 2.05) is 36.4 Å². The predicted molar refractivity (Wildman–Crippen MR) is 191 cm³/mol. The number of esters is 1. The molecule has 0 saturated carbocycles. The number of amides is 2. The summed E-state index contributed by atoms with van der Waals surface area (Å²) < 4.78 is 35.1. The third-order valence-electron chi connectivity index (χ3n) is 9.13. The molecule has 16 nitrogen and oxygen atoms in total. The molecule has 4 aromatic heterocycles. The smallest absolute Gasteiger partial charge is 0.357 e. The van der Waals surface area contributed by atoms with Crippen molar-refractivity contribution in [1.82, 2.24) is 39.8 Å². The Hall–Kier alpha value is -6.66. The van der Waals surface area contributed by atoms with Crippen LogP contribution in [0.1, 0.15) is 97.1 Å². The summed E-state index contributed by atoms with van der Waals surface area (Å²) in [6.07, 6.45) is 0.930. The number of fused-ring (bicyclic) bond motifs is 4. The van der Waals surface area contributed by atoms with Gasteiger partial charge < -0.3 is 30.7 Å². The van der Waals surface area contributed by atoms with Crippen molar-refractivity contribution in [2.24, 2.45) is 0 Å². The van der Waals surface area contributed by atoms with Gasteiger partial charge in [0, 0.05) is 25.0 Å². The van der Waals surface area contributed by atoms with Crippen LogP contribution < -0.4 is 10.6 Å². The number of carboxylic acid groups (broad SMARTS) is 1. The van der Waals surface area contributed by atoms with Crippen LogP contribution in [0.15, 0.2) is 73.1 Å². The molecule has 0 fully saturated rings. The Morgan fingerprint density at radius 1 is 0.732 bits per heavy atom. The molecule has 2 aromatic carbocycles. The van der Waals surface area contributed by atoms with Crippen LogP contribution in [0.4, 0.5) is 8.78 Å². The summed E-state index contributed by atoms with van der Waals surface area (Å²) in [4.78, 5) is 57.4. The number of nitrogens with zero attached hydrogens (tertiary/aromatic N) is 6. The van der Waals surface area contributed by atoms with E-state index in [0.717, 1.165) is 49.7 Å². The Kier molecular flexibility index (Phi) is 9.77. The standard InChI is InChI=1S/C21H21FN4O4.C17H13FN4O4/c1-21(2,3)30-20(29)15-9-14(24-18-13(22)10-23-26(15)18)19(28)25-17-12-7-5-4-6-11(12)8-16(17)27;18-10-7-19-22-12(17(25)26)6-11(20-15(10)22)16(24)21-14-9-4-2-1-3-8(9)5-13(14)23/h4-7,9-10,16-17,27H,8H2,1-3H3,(H,25,28);1-4,6-7,13-14,23H,5H2,(H,21,24)(H,25,26)/t16-,17+;13-,14+/m11/s1. The summed E-state index contributed by atoms with van der Waals surface area (Å²) in [6, 6.07) is 15.6. The molecule has 6 aromatic rings. The van der Waals surface area contributed by atoms with Gasteiger partial charge in [0.05, 0.1) is 36.7 Å². The number of hydrogen-bond acceptors (Lipinski definition) is 11. The highest BCUT2D eigenvalue weighted by Crippen LogP contribution is 2.33.